The molecule has 2 aromatic rings. The standard InChI is InChI=1S/C16H18FNOS/c1-10-4-3-5-11(2)18(10)14-9-20-15-7-6-12(17)8-13(15)16(14)19/h6-11H,3-5H2,1-2H3. The maximum Gasteiger partial charge on any atom is 0.211 e. The molecule has 0 bridgehead atoms. The number of rotatable bonds is 1. The molecule has 2 nitrogen and oxygen atoms in total. The molecule has 0 N–H and O–H groups in total. The van der Waals surface area contributed by atoms with Crippen LogP contribution in [0.15, 0.2) is 28.4 Å². The van der Waals surface area contributed by atoms with Crippen molar-refractivity contribution in [2.24, 2.45) is 0 Å². The van der Waals surface area contributed by atoms with E-state index >= 15 is 0 Å². The molecule has 0 saturated carbocycles. The Morgan fingerprint density at radius 2 is 1.95 bits per heavy atom. The Bertz CT molecular complexity index is 686. The van der Waals surface area contributed by atoms with Crippen LogP contribution >= 0.6 is 11.3 Å². The number of halogens is 1. The molecule has 1 aromatic carbocycles. The third kappa shape index (κ3) is 2.22. The molecule has 1 aromatic heterocycles. The summed E-state index contributed by atoms with van der Waals surface area (Å²) in [6.07, 6.45) is 3.42. The second-order valence-corrected chi connectivity index (χ2v) is 6.54. The van der Waals surface area contributed by atoms with Crippen molar-refractivity contribution in [3.05, 3.63) is 39.6 Å². The molecular weight excluding hydrogens is 273 g/mol. The van der Waals surface area contributed by atoms with Crippen LogP contribution in [-0.4, -0.2) is 12.1 Å². The van der Waals surface area contributed by atoms with Crippen molar-refractivity contribution >= 4 is 27.1 Å². The van der Waals surface area contributed by atoms with Crippen molar-refractivity contribution in [3.63, 3.8) is 0 Å². The van der Waals surface area contributed by atoms with Gasteiger partial charge in [0.05, 0.1) is 5.69 Å². The Kier molecular flexibility index (Phi) is 3.50. The maximum absolute atomic E-state index is 13.4. The minimum Gasteiger partial charge on any atom is -0.362 e. The van der Waals surface area contributed by atoms with E-state index in [1.165, 1.54) is 29.9 Å². The third-order valence-electron chi connectivity index (χ3n) is 4.19. The van der Waals surface area contributed by atoms with Gasteiger partial charge in [-0.2, -0.15) is 0 Å². The van der Waals surface area contributed by atoms with Gasteiger partial charge in [-0.05, 0) is 51.3 Å². The van der Waals surface area contributed by atoms with Crippen LogP contribution < -0.4 is 10.3 Å². The highest BCUT2D eigenvalue weighted by molar-refractivity contribution is 7.16. The van der Waals surface area contributed by atoms with Crippen molar-refractivity contribution in [3.8, 4) is 0 Å². The van der Waals surface area contributed by atoms with Gasteiger partial charge in [0.15, 0.2) is 0 Å². The molecule has 0 amide bonds. The molecule has 2 atom stereocenters. The molecule has 20 heavy (non-hydrogen) atoms. The topological polar surface area (TPSA) is 20.3 Å². The summed E-state index contributed by atoms with van der Waals surface area (Å²) in [5.74, 6) is -0.348. The van der Waals surface area contributed by atoms with Crippen LogP contribution in [-0.2, 0) is 0 Å². The second kappa shape index (κ2) is 5.17. The van der Waals surface area contributed by atoms with Gasteiger partial charge in [0.2, 0.25) is 5.43 Å². The Morgan fingerprint density at radius 1 is 1.25 bits per heavy atom. The van der Waals surface area contributed by atoms with E-state index in [1.54, 1.807) is 6.07 Å². The van der Waals surface area contributed by atoms with E-state index in [1.807, 2.05) is 5.38 Å². The molecule has 1 fully saturated rings. The Morgan fingerprint density at radius 3 is 2.65 bits per heavy atom. The summed E-state index contributed by atoms with van der Waals surface area (Å²) >= 11 is 1.52. The molecule has 1 aliphatic heterocycles. The summed E-state index contributed by atoms with van der Waals surface area (Å²) < 4.78 is 14.2. The van der Waals surface area contributed by atoms with Crippen LogP contribution in [0, 0.1) is 5.82 Å². The molecule has 0 radical (unpaired) electrons. The number of anilines is 1. The molecule has 0 spiro atoms. The van der Waals surface area contributed by atoms with Crippen molar-refractivity contribution in [2.75, 3.05) is 4.90 Å². The first-order valence-corrected chi connectivity index (χ1v) is 7.95. The van der Waals surface area contributed by atoms with E-state index in [2.05, 4.69) is 18.7 Å². The van der Waals surface area contributed by atoms with E-state index in [-0.39, 0.29) is 11.2 Å². The summed E-state index contributed by atoms with van der Waals surface area (Å²) in [6.45, 7) is 4.32. The number of hydrogen-bond donors (Lipinski definition) is 0. The van der Waals surface area contributed by atoms with Gasteiger partial charge in [0.1, 0.15) is 5.82 Å². The average molecular weight is 291 g/mol. The number of hydrogen-bond acceptors (Lipinski definition) is 3. The minimum atomic E-state index is -0.348. The van der Waals surface area contributed by atoms with E-state index < -0.39 is 0 Å². The van der Waals surface area contributed by atoms with Crippen LogP contribution in [0.25, 0.3) is 10.1 Å². The molecule has 3 rings (SSSR count). The fraction of sp³-hybridized carbons (Fsp3) is 0.438. The Balaban J connectivity index is 2.16. The molecule has 1 saturated heterocycles. The first kappa shape index (κ1) is 13.6. The van der Waals surface area contributed by atoms with E-state index in [9.17, 15) is 9.18 Å². The van der Waals surface area contributed by atoms with Gasteiger partial charge in [0.25, 0.3) is 0 Å². The van der Waals surface area contributed by atoms with Gasteiger partial charge in [-0.1, -0.05) is 0 Å². The maximum atomic E-state index is 13.4. The Labute approximate surface area is 121 Å². The summed E-state index contributed by atoms with van der Waals surface area (Å²) in [7, 11) is 0. The molecule has 2 unspecified atom stereocenters. The Hall–Kier alpha value is -1.42. The molecule has 106 valence electrons. The first-order valence-electron chi connectivity index (χ1n) is 7.07. The highest BCUT2D eigenvalue weighted by Crippen LogP contribution is 2.30. The van der Waals surface area contributed by atoms with Gasteiger partial charge < -0.3 is 4.90 Å². The van der Waals surface area contributed by atoms with Gasteiger partial charge in [0, 0.05) is 27.5 Å². The van der Waals surface area contributed by atoms with Crippen LogP contribution in [0.1, 0.15) is 33.1 Å². The summed E-state index contributed by atoms with van der Waals surface area (Å²) in [5.41, 5.74) is 0.687. The second-order valence-electron chi connectivity index (χ2n) is 5.63. The lowest BCUT2D eigenvalue weighted by Crippen LogP contribution is -2.45. The zero-order valence-corrected chi connectivity index (χ0v) is 12.5. The number of nitrogens with zero attached hydrogens (tertiary/aromatic N) is 1. The monoisotopic (exact) mass is 291 g/mol. The lowest BCUT2D eigenvalue weighted by molar-refractivity contribution is 0.414. The van der Waals surface area contributed by atoms with Gasteiger partial charge in [-0.25, -0.2) is 4.39 Å². The predicted octanol–water partition coefficient (Wildman–Crippen LogP) is 4.17. The van der Waals surface area contributed by atoms with Gasteiger partial charge in [-0.15, -0.1) is 11.3 Å². The molecule has 2 heterocycles. The average Bonchev–Trinajstić information content (AvgIpc) is 2.41. The van der Waals surface area contributed by atoms with Crippen molar-refractivity contribution in [1.82, 2.24) is 0 Å². The van der Waals surface area contributed by atoms with Crippen LogP contribution in [0.4, 0.5) is 10.1 Å². The fourth-order valence-electron chi connectivity index (χ4n) is 3.17. The fourth-order valence-corrected chi connectivity index (χ4v) is 4.06. The molecule has 4 heteroatoms. The van der Waals surface area contributed by atoms with E-state index in [0.29, 0.717) is 17.5 Å². The van der Waals surface area contributed by atoms with Crippen molar-refractivity contribution < 1.29 is 4.39 Å². The lowest BCUT2D eigenvalue weighted by atomic mass is 9.97. The SMILES string of the molecule is CC1CCCC(C)N1c1csc2ccc(F)cc2c1=O. The summed E-state index contributed by atoms with van der Waals surface area (Å²) in [6, 6.07) is 5.18. The smallest absolute Gasteiger partial charge is 0.211 e. The number of piperidine rings is 1. The molecule has 1 aliphatic rings. The lowest BCUT2D eigenvalue weighted by Gasteiger charge is -2.40. The van der Waals surface area contributed by atoms with Gasteiger partial charge >= 0.3 is 0 Å². The predicted molar refractivity (Wildman–Crippen MR) is 83.3 cm³/mol. The van der Waals surface area contributed by atoms with Crippen molar-refractivity contribution in [2.45, 2.75) is 45.2 Å². The third-order valence-corrected chi connectivity index (χ3v) is 5.14. The van der Waals surface area contributed by atoms with E-state index in [4.69, 9.17) is 0 Å². The number of fused-ring (bicyclic) bond motifs is 1. The van der Waals surface area contributed by atoms with Crippen LogP contribution in [0.5, 0.6) is 0 Å². The molecule has 0 aliphatic carbocycles. The first-order chi connectivity index (χ1) is 9.58. The van der Waals surface area contributed by atoms with Crippen LogP contribution in [0.3, 0.4) is 0 Å². The van der Waals surface area contributed by atoms with E-state index in [0.717, 1.165) is 23.2 Å². The largest absolute Gasteiger partial charge is 0.362 e. The molecular formula is C16H18FNOS. The zero-order chi connectivity index (χ0) is 14.3. The number of benzene rings is 1. The summed E-state index contributed by atoms with van der Waals surface area (Å²) in [4.78, 5) is 14.9. The van der Waals surface area contributed by atoms with Crippen LogP contribution in [0.2, 0.25) is 0 Å². The highest BCUT2D eigenvalue weighted by Gasteiger charge is 2.27. The van der Waals surface area contributed by atoms with Gasteiger partial charge in [-0.3, -0.25) is 4.79 Å². The minimum absolute atomic E-state index is 0.0427. The zero-order valence-electron chi connectivity index (χ0n) is 11.7. The van der Waals surface area contributed by atoms with Crippen molar-refractivity contribution in [1.29, 1.82) is 0 Å². The quantitative estimate of drug-likeness (QED) is 0.786. The normalized spacial score (nSPS) is 23.2. The highest BCUT2D eigenvalue weighted by atomic mass is 32.1. The summed E-state index contributed by atoms with van der Waals surface area (Å²) in [5, 5.41) is 2.43.